The zero-order valence-electron chi connectivity index (χ0n) is 10.6. The van der Waals surface area contributed by atoms with Crippen molar-refractivity contribution >= 4 is 23.6 Å². The number of phenolic OH excluding ortho intramolecular Hbond substituents is 1. The summed E-state index contributed by atoms with van der Waals surface area (Å²) in [6.07, 6.45) is 1.28. The predicted molar refractivity (Wildman–Crippen MR) is 75.4 cm³/mol. The molecule has 0 unspecified atom stereocenters. The largest absolute Gasteiger partial charge is 0.507 e. The van der Waals surface area contributed by atoms with E-state index in [1.807, 2.05) is 0 Å². The van der Waals surface area contributed by atoms with E-state index in [1.165, 1.54) is 48.7 Å². The van der Waals surface area contributed by atoms with Gasteiger partial charge in [0.05, 0.1) is 16.2 Å². The molecular weight excluding hydrogens is 276 g/mol. The molecule has 0 aromatic heterocycles. The smallest absolute Gasteiger partial charge is 0.335 e. The van der Waals surface area contributed by atoms with Crippen molar-refractivity contribution in [1.29, 1.82) is 0 Å². The molecule has 0 saturated heterocycles. The highest BCUT2D eigenvalue weighted by molar-refractivity contribution is 5.89. The van der Waals surface area contributed by atoms with Crippen LogP contribution in [-0.4, -0.2) is 27.3 Å². The Kier molecular flexibility index (Phi) is 3.94. The molecule has 7 nitrogen and oxygen atoms in total. The summed E-state index contributed by atoms with van der Waals surface area (Å²) in [6.45, 7) is 0. The number of rotatable bonds is 4. The predicted octanol–water partition coefficient (Wildman–Crippen LogP) is 2.75. The van der Waals surface area contributed by atoms with Crippen molar-refractivity contribution < 1.29 is 19.9 Å². The Morgan fingerprint density at radius 1 is 1.19 bits per heavy atom. The number of aromatic carboxylic acids is 1. The molecule has 0 bridgehead atoms. The molecule has 0 amide bonds. The van der Waals surface area contributed by atoms with E-state index >= 15 is 0 Å². The lowest BCUT2D eigenvalue weighted by molar-refractivity contribution is -0.384. The lowest BCUT2D eigenvalue weighted by Crippen LogP contribution is -1.94. The van der Waals surface area contributed by atoms with Crippen LogP contribution >= 0.6 is 0 Å². The first-order chi connectivity index (χ1) is 9.97. The third kappa shape index (κ3) is 3.41. The Balaban J connectivity index is 2.26. The van der Waals surface area contributed by atoms with Gasteiger partial charge in [-0.15, -0.1) is 0 Å². The number of nitro benzene ring substituents is 1. The van der Waals surface area contributed by atoms with Crippen LogP contribution in [0.1, 0.15) is 15.9 Å². The number of aliphatic imine (C=N–C) groups is 1. The zero-order valence-corrected chi connectivity index (χ0v) is 10.6. The van der Waals surface area contributed by atoms with Crippen molar-refractivity contribution in [3.8, 4) is 5.75 Å². The van der Waals surface area contributed by atoms with E-state index in [0.29, 0.717) is 5.69 Å². The molecule has 7 heteroatoms. The van der Waals surface area contributed by atoms with E-state index in [-0.39, 0.29) is 22.6 Å². The van der Waals surface area contributed by atoms with Crippen LogP contribution in [0.4, 0.5) is 11.4 Å². The third-order valence-corrected chi connectivity index (χ3v) is 2.69. The molecule has 2 aromatic rings. The average molecular weight is 286 g/mol. The van der Waals surface area contributed by atoms with Crippen LogP contribution in [0.25, 0.3) is 0 Å². The van der Waals surface area contributed by atoms with Crippen molar-refractivity contribution in [3.63, 3.8) is 0 Å². The normalized spacial score (nSPS) is 10.7. The summed E-state index contributed by atoms with van der Waals surface area (Å²) in [6, 6.07) is 9.37. The summed E-state index contributed by atoms with van der Waals surface area (Å²) in [7, 11) is 0. The van der Waals surface area contributed by atoms with Gasteiger partial charge in [-0.05, 0) is 30.3 Å². The molecule has 0 aliphatic carbocycles. The molecule has 0 aliphatic rings. The van der Waals surface area contributed by atoms with Crippen molar-refractivity contribution in [2.24, 2.45) is 4.99 Å². The fourth-order valence-electron chi connectivity index (χ4n) is 1.59. The molecule has 2 aromatic carbocycles. The molecule has 0 radical (unpaired) electrons. The van der Waals surface area contributed by atoms with Gasteiger partial charge in [-0.2, -0.15) is 0 Å². The van der Waals surface area contributed by atoms with Gasteiger partial charge in [0.1, 0.15) is 5.75 Å². The van der Waals surface area contributed by atoms with Gasteiger partial charge < -0.3 is 10.2 Å². The second-order valence-electron chi connectivity index (χ2n) is 4.11. The highest BCUT2D eigenvalue weighted by Gasteiger charge is 2.08. The van der Waals surface area contributed by atoms with E-state index < -0.39 is 10.9 Å². The highest BCUT2D eigenvalue weighted by atomic mass is 16.6. The maximum absolute atomic E-state index is 10.7. The number of nitrogens with zero attached hydrogens (tertiary/aromatic N) is 2. The van der Waals surface area contributed by atoms with Crippen LogP contribution in [0.15, 0.2) is 47.5 Å². The first kappa shape index (κ1) is 14.2. The molecule has 0 fully saturated rings. The molecule has 2 rings (SSSR count). The standard InChI is InChI=1S/C14H10N2O5/c17-13-6-5-12(16(20)21)7-10(13)8-15-11-3-1-9(2-4-11)14(18)19/h1-8,17H,(H,18,19)/b15-8+. The average Bonchev–Trinajstić information content (AvgIpc) is 2.46. The van der Waals surface area contributed by atoms with E-state index in [2.05, 4.69) is 4.99 Å². The fraction of sp³-hybridized carbons (Fsp3) is 0. The molecule has 106 valence electrons. The molecule has 0 spiro atoms. The maximum atomic E-state index is 10.7. The number of carboxylic acids is 1. The zero-order chi connectivity index (χ0) is 15.4. The summed E-state index contributed by atoms with van der Waals surface area (Å²) >= 11 is 0. The fourth-order valence-corrected chi connectivity index (χ4v) is 1.59. The molecule has 2 N–H and O–H groups in total. The number of carboxylic acid groups (broad SMARTS) is 1. The van der Waals surface area contributed by atoms with Gasteiger partial charge in [-0.3, -0.25) is 15.1 Å². The van der Waals surface area contributed by atoms with Gasteiger partial charge >= 0.3 is 5.97 Å². The lowest BCUT2D eigenvalue weighted by Gasteiger charge is -1.99. The van der Waals surface area contributed by atoms with E-state index in [0.717, 1.165) is 0 Å². The van der Waals surface area contributed by atoms with Gasteiger partial charge in [-0.1, -0.05) is 0 Å². The summed E-state index contributed by atoms with van der Waals surface area (Å²) in [5, 5.41) is 29.1. The number of non-ortho nitro benzene ring substituents is 1. The van der Waals surface area contributed by atoms with E-state index in [4.69, 9.17) is 5.11 Å². The molecule has 0 aliphatic heterocycles. The number of carbonyl (C=O) groups is 1. The monoisotopic (exact) mass is 286 g/mol. The van der Waals surface area contributed by atoms with Gasteiger partial charge in [0, 0.05) is 23.9 Å². The Labute approximate surface area is 119 Å². The van der Waals surface area contributed by atoms with Crippen LogP contribution in [0.3, 0.4) is 0 Å². The number of benzene rings is 2. The number of aromatic hydroxyl groups is 1. The molecular formula is C14H10N2O5. The highest BCUT2D eigenvalue weighted by Crippen LogP contribution is 2.22. The molecule has 0 heterocycles. The lowest BCUT2D eigenvalue weighted by atomic mass is 10.2. The van der Waals surface area contributed by atoms with Crippen LogP contribution in [0, 0.1) is 10.1 Å². The summed E-state index contributed by atoms with van der Waals surface area (Å²) in [4.78, 5) is 24.8. The van der Waals surface area contributed by atoms with Crippen LogP contribution < -0.4 is 0 Å². The van der Waals surface area contributed by atoms with Crippen molar-refractivity contribution in [2.75, 3.05) is 0 Å². The summed E-state index contributed by atoms with van der Waals surface area (Å²) < 4.78 is 0. The van der Waals surface area contributed by atoms with E-state index in [9.17, 15) is 20.0 Å². The Hall–Kier alpha value is -3.22. The Bertz CT molecular complexity index is 723. The number of hydrogen-bond donors (Lipinski definition) is 2. The number of hydrogen-bond acceptors (Lipinski definition) is 5. The second kappa shape index (κ2) is 5.83. The first-order valence-electron chi connectivity index (χ1n) is 5.82. The maximum Gasteiger partial charge on any atom is 0.335 e. The summed E-state index contributed by atoms with van der Waals surface area (Å²) in [5.74, 6) is -1.17. The Morgan fingerprint density at radius 2 is 1.86 bits per heavy atom. The summed E-state index contributed by atoms with van der Waals surface area (Å²) in [5.41, 5.74) is 0.639. The van der Waals surface area contributed by atoms with Crippen molar-refractivity contribution in [3.05, 3.63) is 63.7 Å². The first-order valence-corrected chi connectivity index (χ1v) is 5.82. The Morgan fingerprint density at radius 3 is 2.43 bits per heavy atom. The van der Waals surface area contributed by atoms with Gasteiger partial charge in [0.25, 0.3) is 5.69 Å². The van der Waals surface area contributed by atoms with Crippen LogP contribution in [0.2, 0.25) is 0 Å². The topological polar surface area (TPSA) is 113 Å². The molecule has 21 heavy (non-hydrogen) atoms. The number of nitro groups is 1. The quantitative estimate of drug-likeness (QED) is 0.509. The van der Waals surface area contributed by atoms with Crippen molar-refractivity contribution in [2.45, 2.75) is 0 Å². The van der Waals surface area contributed by atoms with E-state index in [1.54, 1.807) is 0 Å². The molecule has 0 atom stereocenters. The van der Waals surface area contributed by atoms with Gasteiger partial charge in [0.2, 0.25) is 0 Å². The van der Waals surface area contributed by atoms with Gasteiger partial charge in [0.15, 0.2) is 0 Å². The minimum atomic E-state index is -1.04. The second-order valence-corrected chi connectivity index (χ2v) is 4.11. The minimum absolute atomic E-state index is 0.132. The minimum Gasteiger partial charge on any atom is -0.507 e. The third-order valence-electron chi connectivity index (χ3n) is 2.69. The molecule has 0 saturated carbocycles. The van der Waals surface area contributed by atoms with Crippen LogP contribution in [-0.2, 0) is 0 Å². The SMILES string of the molecule is O=C(O)c1ccc(/N=C/c2cc([N+](=O)[O-])ccc2O)cc1. The van der Waals surface area contributed by atoms with Gasteiger partial charge in [-0.25, -0.2) is 4.79 Å². The van der Waals surface area contributed by atoms with Crippen molar-refractivity contribution in [1.82, 2.24) is 0 Å². The van der Waals surface area contributed by atoms with Crippen LogP contribution in [0.5, 0.6) is 5.75 Å². The number of phenols is 1.